The lowest BCUT2D eigenvalue weighted by Crippen LogP contribution is -2.05. The SMILES string of the molecule is Cc1ccc(C(C)Nc2ccc([N+](=O)[O-])c(C)c2)s1. The molecule has 0 spiro atoms. The minimum absolute atomic E-state index is 0.158. The molecule has 0 aliphatic carbocycles. The number of anilines is 1. The van der Waals surface area contributed by atoms with Gasteiger partial charge in [0.05, 0.1) is 11.0 Å². The van der Waals surface area contributed by atoms with Crippen LogP contribution in [0.4, 0.5) is 11.4 Å². The first-order valence-corrected chi connectivity index (χ1v) is 6.87. The molecule has 2 aromatic rings. The van der Waals surface area contributed by atoms with Gasteiger partial charge in [-0.1, -0.05) is 0 Å². The fourth-order valence-corrected chi connectivity index (χ4v) is 2.84. The lowest BCUT2D eigenvalue weighted by Gasteiger charge is -2.14. The van der Waals surface area contributed by atoms with Crippen molar-refractivity contribution in [3.8, 4) is 0 Å². The molecule has 0 bridgehead atoms. The number of hydrogen-bond acceptors (Lipinski definition) is 4. The van der Waals surface area contributed by atoms with Gasteiger partial charge in [0.25, 0.3) is 5.69 Å². The van der Waals surface area contributed by atoms with Crippen LogP contribution in [0.1, 0.15) is 28.3 Å². The van der Waals surface area contributed by atoms with Crippen LogP contribution in [0.25, 0.3) is 0 Å². The molecule has 0 fully saturated rings. The maximum atomic E-state index is 10.8. The molecule has 0 saturated carbocycles. The number of nitro benzene ring substituents is 1. The summed E-state index contributed by atoms with van der Waals surface area (Å²) >= 11 is 1.76. The summed E-state index contributed by atoms with van der Waals surface area (Å²) < 4.78 is 0. The summed E-state index contributed by atoms with van der Waals surface area (Å²) in [7, 11) is 0. The number of nitrogens with one attached hydrogen (secondary N) is 1. The number of thiophene rings is 1. The third kappa shape index (κ3) is 3.12. The third-order valence-electron chi connectivity index (χ3n) is 2.96. The van der Waals surface area contributed by atoms with E-state index in [9.17, 15) is 10.1 Å². The minimum Gasteiger partial charge on any atom is -0.378 e. The Kier molecular flexibility index (Phi) is 3.85. The Morgan fingerprint density at radius 3 is 2.53 bits per heavy atom. The lowest BCUT2D eigenvalue weighted by molar-refractivity contribution is -0.385. The van der Waals surface area contributed by atoms with E-state index >= 15 is 0 Å². The predicted octanol–water partition coefficient (Wildman–Crippen LogP) is 4.45. The molecule has 4 nitrogen and oxygen atoms in total. The summed E-state index contributed by atoms with van der Waals surface area (Å²) in [4.78, 5) is 12.9. The molecule has 0 saturated heterocycles. The van der Waals surface area contributed by atoms with E-state index < -0.39 is 0 Å². The summed E-state index contributed by atoms with van der Waals surface area (Å²) in [5.41, 5.74) is 1.73. The number of nitrogens with zero attached hydrogens (tertiary/aromatic N) is 1. The van der Waals surface area contributed by atoms with Crippen molar-refractivity contribution < 1.29 is 4.92 Å². The van der Waals surface area contributed by atoms with Crippen molar-refractivity contribution in [3.63, 3.8) is 0 Å². The second-order valence-electron chi connectivity index (χ2n) is 4.57. The standard InChI is InChI=1S/C14H16N2O2S/c1-9-8-12(5-6-13(9)16(17)18)15-11(3)14-7-4-10(2)19-14/h4-8,11,15H,1-3H3. The van der Waals surface area contributed by atoms with E-state index in [1.807, 2.05) is 6.07 Å². The van der Waals surface area contributed by atoms with E-state index in [1.54, 1.807) is 30.4 Å². The Balaban J connectivity index is 2.15. The van der Waals surface area contributed by atoms with Gasteiger partial charge in [0.2, 0.25) is 0 Å². The number of nitro groups is 1. The van der Waals surface area contributed by atoms with Crippen molar-refractivity contribution in [2.75, 3.05) is 5.32 Å². The normalized spacial score (nSPS) is 12.2. The molecule has 1 aromatic heterocycles. The van der Waals surface area contributed by atoms with Crippen molar-refractivity contribution in [1.29, 1.82) is 0 Å². The zero-order valence-corrected chi connectivity index (χ0v) is 12.0. The van der Waals surface area contributed by atoms with Crippen LogP contribution in [0, 0.1) is 24.0 Å². The molecule has 1 heterocycles. The highest BCUT2D eigenvalue weighted by molar-refractivity contribution is 7.12. The average molecular weight is 276 g/mol. The van der Waals surface area contributed by atoms with E-state index in [2.05, 4.69) is 31.3 Å². The quantitative estimate of drug-likeness (QED) is 0.663. The first-order chi connectivity index (χ1) is 8.97. The Labute approximate surface area is 116 Å². The van der Waals surface area contributed by atoms with E-state index in [0.29, 0.717) is 5.56 Å². The smallest absolute Gasteiger partial charge is 0.272 e. The maximum Gasteiger partial charge on any atom is 0.272 e. The summed E-state index contributed by atoms with van der Waals surface area (Å²) in [5.74, 6) is 0. The summed E-state index contributed by atoms with van der Waals surface area (Å²) in [6.45, 7) is 5.92. The summed E-state index contributed by atoms with van der Waals surface area (Å²) in [6, 6.07) is 9.51. The molecule has 5 heteroatoms. The predicted molar refractivity (Wildman–Crippen MR) is 78.9 cm³/mol. The van der Waals surface area contributed by atoms with Crippen LogP contribution in [0.5, 0.6) is 0 Å². The highest BCUT2D eigenvalue weighted by atomic mass is 32.1. The van der Waals surface area contributed by atoms with Crippen LogP contribution >= 0.6 is 11.3 Å². The first kappa shape index (κ1) is 13.5. The van der Waals surface area contributed by atoms with Gasteiger partial charge in [0.1, 0.15) is 0 Å². The van der Waals surface area contributed by atoms with Crippen LogP contribution in [0.15, 0.2) is 30.3 Å². The van der Waals surface area contributed by atoms with Crippen LogP contribution in [-0.2, 0) is 0 Å². The molecular formula is C14H16N2O2S. The van der Waals surface area contributed by atoms with Gasteiger partial charge in [-0.25, -0.2) is 0 Å². The maximum absolute atomic E-state index is 10.8. The monoisotopic (exact) mass is 276 g/mol. The zero-order chi connectivity index (χ0) is 14.0. The van der Waals surface area contributed by atoms with Crippen molar-refractivity contribution >= 4 is 22.7 Å². The zero-order valence-electron chi connectivity index (χ0n) is 11.1. The number of rotatable bonds is 4. The number of benzene rings is 1. The number of hydrogen-bond donors (Lipinski definition) is 1. The first-order valence-electron chi connectivity index (χ1n) is 6.05. The third-order valence-corrected chi connectivity index (χ3v) is 4.15. The molecular weight excluding hydrogens is 260 g/mol. The van der Waals surface area contributed by atoms with Crippen LogP contribution in [0.3, 0.4) is 0 Å². The van der Waals surface area contributed by atoms with Crippen LogP contribution in [0.2, 0.25) is 0 Å². The second kappa shape index (κ2) is 5.40. The molecule has 1 atom stereocenters. The number of aryl methyl sites for hydroxylation is 2. The topological polar surface area (TPSA) is 55.2 Å². The summed E-state index contributed by atoms with van der Waals surface area (Å²) in [5, 5.41) is 14.1. The Morgan fingerprint density at radius 2 is 2.00 bits per heavy atom. The highest BCUT2D eigenvalue weighted by Gasteiger charge is 2.12. The van der Waals surface area contributed by atoms with Gasteiger partial charge in [-0.2, -0.15) is 0 Å². The van der Waals surface area contributed by atoms with E-state index in [0.717, 1.165) is 5.69 Å². The second-order valence-corrected chi connectivity index (χ2v) is 5.89. The molecule has 1 aromatic carbocycles. The highest BCUT2D eigenvalue weighted by Crippen LogP contribution is 2.28. The van der Waals surface area contributed by atoms with Gasteiger partial charge < -0.3 is 5.32 Å². The molecule has 0 amide bonds. The molecule has 1 N–H and O–H groups in total. The van der Waals surface area contributed by atoms with E-state index in [4.69, 9.17) is 0 Å². The molecule has 19 heavy (non-hydrogen) atoms. The largest absolute Gasteiger partial charge is 0.378 e. The van der Waals surface area contributed by atoms with Gasteiger partial charge in [-0.05, 0) is 45.0 Å². The van der Waals surface area contributed by atoms with Crippen LogP contribution in [-0.4, -0.2) is 4.92 Å². The van der Waals surface area contributed by atoms with Gasteiger partial charge in [-0.3, -0.25) is 10.1 Å². The Morgan fingerprint density at radius 1 is 1.26 bits per heavy atom. The molecule has 1 unspecified atom stereocenters. The minimum atomic E-state index is -0.356. The van der Waals surface area contributed by atoms with Crippen molar-refractivity contribution in [2.45, 2.75) is 26.8 Å². The van der Waals surface area contributed by atoms with Crippen molar-refractivity contribution in [3.05, 3.63) is 55.8 Å². The summed E-state index contributed by atoms with van der Waals surface area (Å²) in [6.07, 6.45) is 0. The molecule has 2 rings (SSSR count). The lowest BCUT2D eigenvalue weighted by atomic mass is 10.1. The van der Waals surface area contributed by atoms with Gasteiger partial charge in [0, 0.05) is 27.1 Å². The molecule has 0 radical (unpaired) electrons. The molecule has 100 valence electrons. The fraction of sp³-hybridized carbons (Fsp3) is 0.286. The van der Waals surface area contributed by atoms with E-state index in [-0.39, 0.29) is 16.7 Å². The van der Waals surface area contributed by atoms with E-state index in [1.165, 1.54) is 9.75 Å². The molecule has 0 aliphatic heterocycles. The average Bonchev–Trinajstić information content (AvgIpc) is 2.75. The van der Waals surface area contributed by atoms with Crippen molar-refractivity contribution in [1.82, 2.24) is 0 Å². The Bertz CT molecular complexity index is 607. The molecule has 0 aliphatic rings. The fourth-order valence-electron chi connectivity index (χ4n) is 1.96. The Hall–Kier alpha value is -1.88. The van der Waals surface area contributed by atoms with Gasteiger partial charge in [0.15, 0.2) is 0 Å². The van der Waals surface area contributed by atoms with Crippen LogP contribution < -0.4 is 5.32 Å². The van der Waals surface area contributed by atoms with Gasteiger partial charge >= 0.3 is 0 Å². The van der Waals surface area contributed by atoms with Gasteiger partial charge in [-0.15, -0.1) is 11.3 Å². The van der Waals surface area contributed by atoms with Crippen molar-refractivity contribution in [2.24, 2.45) is 0 Å².